The lowest BCUT2D eigenvalue weighted by molar-refractivity contribution is 0.0701. The molecule has 4 heteroatoms. The standard InChI is InChI=1S/C17H15NO2S/c1-2-14-16(17(19)20)21-15(18-14)10-12-8-5-7-11-6-3-4-9-13(11)12/h3-9H,2,10H2,1H3,(H,19,20). The van der Waals surface area contributed by atoms with E-state index >= 15 is 0 Å². The van der Waals surface area contributed by atoms with Crippen LogP contribution in [0.25, 0.3) is 10.8 Å². The fourth-order valence-corrected chi connectivity index (χ4v) is 3.51. The highest BCUT2D eigenvalue weighted by atomic mass is 32.1. The van der Waals surface area contributed by atoms with Crippen LogP contribution in [0.15, 0.2) is 42.5 Å². The van der Waals surface area contributed by atoms with E-state index < -0.39 is 5.97 Å². The molecule has 0 saturated heterocycles. The van der Waals surface area contributed by atoms with Crippen molar-refractivity contribution in [2.75, 3.05) is 0 Å². The molecule has 0 aliphatic heterocycles. The molecule has 1 heterocycles. The van der Waals surface area contributed by atoms with Gasteiger partial charge in [-0.2, -0.15) is 0 Å². The largest absolute Gasteiger partial charge is 0.477 e. The summed E-state index contributed by atoms with van der Waals surface area (Å²) in [4.78, 5) is 16.1. The average Bonchev–Trinajstić information content (AvgIpc) is 2.91. The van der Waals surface area contributed by atoms with E-state index in [0.29, 0.717) is 23.4 Å². The van der Waals surface area contributed by atoms with Crippen LogP contribution in [0, 0.1) is 0 Å². The van der Waals surface area contributed by atoms with Crippen molar-refractivity contribution < 1.29 is 9.90 Å². The number of benzene rings is 2. The molecule has 3 aromatic rings. The van der Waals surface area contributed by atoms with Crippen molar-refractivity contribution in [3.8, 4) is 0 Å². The highest BCUT2D eigenvalue weighted by Crippen LogP contribution is 2.25. The summed E-state index contributed by atoms with van der Waals surface area (Å²) in [6, 6.07) is 14.4. The number of aryl methyl sites for hydroxylation is 1. The van der Waals surface area contributed by atoms with E-state index in [1.165, 1.54) is 27.7 Å². The first kappa shape index (κ1) is 13.8. The Morgan fingerprint density at radius 2 is 1.95 bits per heavy atom. The molecule has 0 radical (unpaired) electrons. The Bertz CT molecular complexity index is 802. The quantitative estimate of drug-likeness (QED) is 0.787. The van der Waals surface area contributed by atoms with Gasteiger partial charge < -0.3 is 5.11 Å². The number of hydrogen-bond acceptors (Lipinski definition) is 3. The number of carboxylic acid groups (broad SMARTS) is 1. The van der Waals surface area contributed by atoms with E-state index in [0.717, 1.165) is 5.01 Å². The average molecular weight is 297 g/mol. The second-order valence-corrected chi connectivity index (χ2v) is 5.94. The zero-order valence-corrected chi connectivity index (χ0v) is 12.5. The lowest BCUT2D eigenvalue weighted by atomic mass is 10.0. The molecule has 0 fully saturated rings. The first-order valence-corrected chi connectivity index (χ1v) is 7.69. The summed E-state index contributed by atoms with van der Waals surface area (Å²) in [7, 11) is 0. The van der Waals surface area contributed by atoms with Crippen molar-refractivity contribution >= 4 is 28.1 Å². The monoisotopic (exact) mass is 297 g/mol. The third kappa shape index (κ3) is 2.67. The van der Waals surface area contributed by atoms with E-state index in [2.05, 4.69) is 29.2 Å². The minimum absolute atomic E-state index is 0.368. The molecule has 0 amide bonds. The summed E-state index contributed by atoms with van der Waals surface area (Å²) < 4.78 is 0. The molecule has 0 aliphatic carbocycles. The van der Waals surface area contributed by atoms with Gasteiger partial charge in [-0.3, -0.25) is 0 Å². The SMILES string of the molecule is CCc1nc(Cc2cccc3ccccc23)sc1C(=O)O. The van der Waals surface area contributed by atoms with Gasteiger partial charge in [0, 0.05) is 6.42 Å². The van der Waals surface area contributed by atoms with Gasteiger partial charge in [0.2, 0.25) is 0 Å². The summed E-state index contributed by atoms with van der Waals surface area (Å²) in [5, 5.41) is 12.5. The van der Waals surface area contributed by atoms with Crippen LogP contribution < -0.4 is 0 Å². The van der Waals surface area contributed by atoms with Crippen LogP contribution in [-0.2, 0) is 12.8 Å². The molecule has 0 aliphatic rings. The van der Waals surface area contributed by atoms with Crippen LogP contribution in [0.3, 0.4) is 0 Å². The number of aromatic nitrogens is 1. The topological polar surface area (TPSA) is 50.2 Å². The molecule has 0 atom stereocenters. The van der Waals surface area contributed by atoms with Crippen LogP contribution in [0.2, 0.25) is 0 Å². The van der Waals surface area contributed by atoms with Gasteiger partial charge in [-0.1, -0.05) is 49.4 Å². The first-order valence-electron chi connectivity index (χ1n) is 6.87. The van der Waals surface area contributed by atoms with Crippen LogP contribution in [0.4, 0.5) is 0 Å². The normalized spacial score (nSPS) is 10.9. The van der Waals surface area contributed by atoms with Crippen molar-refractivity contribution in [1.82, 2.24) is 4.98 Å². The number of aromatic carboxylic acids is 1. The van der Waals surface area contributed by atoms with Crippen molar-refractivity contribution in [2.45, 2.75) is 19.8 Å². The number of carbonyl (C=O) groups is 1. The summed E-state index contributed by atoms with van der Waals surface area (Å²) in [5.41, 5.74) is 1.86. The molecule has 0 unspecified atom stereocenters. The molecule has 1 aromatic heterocycles. The van der Waals surface area contributed by atoms with E-state index in [9.17, 15) is 9.90 Å². The van der Waals surface area contributed by atoms with Gasteiger partial charge in [-0.15, -0.1) is 11.3 Å². The predicted molar refractivity (Wildman–Crippen MR) is 85.2 cm³/mol. The minimum Gasteiger partial charge on any atom is -0.477 e. The zero-order chi connectivity index (χ0) is 14.8. The number of rotatable bonds is 4. The van der Waals surface area contributed by atoms with Gasteiger partial charge in [0.1, 0.15) is 4.88 Å². The van der Waals surface area contributed by atoms with E-state index in [1.807, 2.05) is 25.1 Å². The van der Waals surface area contributed by atoms with Gasteiger partial charge in [-0.25, -0.2) is 9.78 Å². The highest BCUT2D eigenvalue weighted by Gasteiger charge is 2.16. The van der Waals surface area contributed by atoms with Gasteiger partial charge in [-0.05, 0) is 22.8 Å². The fraction of sp³-hybridized carbons (Fsp3) is 0.176. The van der Waals surface area contributed by atoms with Gasteiger partial charge in [0.25, 0.3) is 0 Å². The van der Waals surface area contributed by atoms with Crippen molar-refractivity contribution in [2.24, 2.45) is 0 Å². The molecular weight excluding hydrogens is 282 g/mol. The summed E-state index contributed by atoms with van der Waals surface area (Å²) in [6.45, 7) is 1.93. The van der Waals surface area contributed by atoms with Crippen molar-refractivity contribution in [1.29, 1.82) is 0 Å². The minimum atomic E-state index is -0.881. The Morgan fingerprint density at radius 1 is 1.19 bits per heavy atom. The lowest BCUT2D eigenvalue weighted by Crippen LogP contribution is -1.97. The molecular formula is C17H15NO2S. The Balaban J connectivity index is 2.01. The van der Waals surface area contributed by atoms with E-state index in [1.54, 1.807) is 0 Å². The molecule has 0 spiro atoms. The number of thiazole rings is 1. The third-order valence-corrected chi connectivity index (χ3v) is 4.58. The lowest BCUT2D eigenvalue weighted by Gasteiger charge is -2.04. The van der Waals surface area contributed by atoms with Crippen LogP contribution in [0.5, 0.6) is 0 Å². The number of nitrogens with zero attached hydrogens (tertiary/aromatic N) is 1. The van der Waals surface area contributed by atoms with Crippen LogP contribution in [-0.4, -0.2) is 16.1 Å². The predicted octanol–water partition coefficient (Wildman–Crippen LogP) is 4.15. The van der Waals surface area contributed by atoms with Gasteiger partial charge >= 0.3 is 5.97 Å². The molecule has 1 N–H and O–H groups in total. The van der Waals surface area contributed by atoms with Crippen LogP contribution in [0.1, 0.15) is 32.9 Å². The molecule has 21 heavy (non-hydrogen) atoms. The molecule has 3 rings (SSSR count). The molecule has 106 valence electrons. The third-order valence-electron chi connectivity index (χ3n) is 3.49. The zero-order valence-electron chi connectivity index (χ0n) is 11.7. The number of fused-ring (bicyclic) bond motifs is 1. The second-order valence-electron chi connectivity index (χ2n) is 4.86. The maximum Gasteiger partial charge on any atom is 0.347 e. The van der Waals surface area contributed by atoms with Crippen LogP contribution >= 0.6 is 11.3 Å². The maximum atomic E-state index is 11.2. The summed E-state index contributed by atoms with van der Waals surface area (Å²) >= 11 is 1.28. The Labute approximate surface area is 126 Å². The van der Waals surface area contributed by atoms with E-state index in [-0.39, 0.29) is 0 Å². The Morgan fingerprint density at radius 3 is 2.67 bits per heavy atom. The Kier molecular flexibility index (Phi) is 3.71. The van der Waals surface area contributed by atoms with E-state index in [4.69, 9.17) is 0 Å². The molecule has 3 nitrogen and oxygen atoms in total. The fourth-order valence-electron chi connectivity index (χ4n) is 2.49. The smallest absolute Gasteiger partial charge is 0.347 e. The Hall–Kier alpha value is -2.20. The molecule has 0 saturated carbocycles. The first-order chi connectivity index (χ1) is 10.2. The number of carboxylic acids is 1. The van der Waals surface area contributed by atoms with Gasteiger partial charge in [0.15, 0.2) is 0 Å². The highest BCUT2D eigenvalue weighted by molar-refractivity contribution is 7.13. The number of hydrogen-bond donors (Lipinski definition) is 1. The summed E-state index contributed by atoms with van der Waals surface area (Å²) in [5.74, 6) is -0.881. The van der Waals surface area contributed by atoms with Crippen molar-refractivity contribution in [3.63, 3.8) is 0 Å². The molecule has 2 aromatic carbocycles. The van der Waals surface area contributed by atoms with Gasteiger partial charge in [0.05, 0.1) is 10.7 Å². The maximum absolute atomic E-state index is 11.2. The molecule has 0 bridgehead atoms. The van der Waals surface area contributed by atoms with Crippen molar-refractivity contribution in [3.05, 3.63) is 63.6 Å². The second kappa shape index (κ2) is 5.66. The summed E-state index contributed by atoms with van der Waals surface area (Å²) in [6.07, 6.45) is 1.32.